The molecule has 4 nitrogen and oxygen atoms in total. The summed E-state index contributed by atoms with van der Waals surface area (Å²) < 4.78 is 0. The van der Waals surface area contributed by atoms with E-state index in [4.69, 9.17) is 23.2 Å². The Kier molecular flexibility index (Phi) is 4.84. The molecular formula is C17H15Cl2N3O. The largest absolute Gasteiger partial charge is 0.352 e. The van der Waals surface area contributed by atoms with Gasteiger partial charge < -0.3 is 10.3 Å². The van der Waals surface area contributed by atoms with Crippen LogP contribution in [0.15, 0.2) is 42.5 Å². The number of H-pyrrole nitrogens is 1. The molecular weight excluding hydrogens is 333 g/mol. The molecule has 0 spiro atoms. The maximum atomic E-state index is 12.1. The second-order valence-corrected chi connectivity index (χ2v) is 6.03. The Morgan fingerprint density at radius 1 is 1.17 bits per heavy atom. The van der Waals surface area contributed by atoms with Crippen LogP contribution in [0.1, 0.15) is 22.6 Å². The van der Waals surface area contributed by atoms with Crippen molar-refractivity contribution in [1.82, 2.24) is 15.3 Å². The summed E-state index contributed by atoms with van der Waals surface area (Å²) in [7, 11) is 0. The number of carbonyl (C=O) groups excluding carboxylic acids is 1. The van der Waals surface area contributed by atoms with Gasteiger partial charge in [0, 0.05) is 18.0 Å². The molecule has 0 aliphatic heterocycles. The van der Waals surface area contributed by atoms with E-state index >= 15 is 0 Å². The van der Waals surface area contributed by atoms with Gasteiger partial charge in [-0.2, -0.15) is 0 Å². The molecule has 2 N–H and O–H groups in total. The average molecular weight is 348 g/mol. The van der Waals surface area contributed by atoms with Crippen LogP contribution in [-0.2, 0) is 6.42 Å². The lowest BCUT2D eigenvalue weighted by Crippen LogP contribution is -2.25. The number of rotatable bonds is 5. The van der Waals surface area contributed by atoms with Crippen LogP contribution in [-0.4, -0.2) is 22.4 Å². The number of aryl methyl sites for hydroxylation is 1. The number of imidazole rings is 1. The fourth-order valence-corrected chi connectivity index (χ4v) is 2.72. The number of hydrogen-bond acceptors (Lipinski definition) is 2. The molecule has 1 amide bonds. The molecule has 0 fully saturated rings. The molecule has 0 saturated carbocycles. The lowest BCUT2D eigenvalue weighted by atomic mass is 10.2. The molecule has 1 aromatic heterocycles. The van der Waals surface area contributed by atoms with Crippen molar-refractivity contribution in [2.75, 3.05) is 6.54 Å². The Hall–Kier alpha value is -2.04. The number of hydrogen-bond donors (Lipinski definition) is 2. The first kappa shape index (κ1) is 15.8. The minimum atomic E-state index is -0.220. The molecule has 0 saturated heterocycles. The molecule has 1 heterocycles. The van der Waals surface area contributed by atoms with E-state index in [1.165, 1.54) is 0 Å². The predicted octanol–water partition coefficient (Wildman–Crippen LogP) is 4.23. The van der Waals surface area contributed by atoms with Crippen LogP contribution in [0.5, 0.6) is 0 Å². The van der Waals surface area contributed by atoms with Gasteiger partial charge in [0.25, 0.3) is 5.91 Å². The minimum Gasteiger partial charge on any atom is -0.352 e. The van der Waals surface area contributed by atoms with Gasteiger partial charge in [0.1, 0.15) is 5.82 Å². The number of benzene rings is 2. The Bertz CT molecular complexity index is 812. The lowest BCUT2D eigenvalue weighted by Gasteiger charge is -2.06. The van der Waals surface area contributed by atoms with E-state index < -0.39 is 0 Å². The molecule has 6 heteroatoms. The number of fused-ring (bicyclic) bond motifs is 1. The summed E-state index contributed by atoms with van der Waals surface area (Å²) in [5.41, 5.74) is 2.37. The van der Waals surface area contributed by atoms with Gasteiger partial charge in [-0.25, -0.2) is 4.98 Å². The van der Waals surface area contributed by atoms with Crippen LogP contribution >= 0.6 is 23.2 Å². The summed E-state index contributed by atoms with van der Waals surface area (Å²) in [6, 6.07) is 12.7. The number of nitrogens with one attached hydrogen (secondary N) is 2. The quantitative estimate of drug-likeness (QED) is 0.678. The summed E-state index contributed by atoms with van der Waals surface area (Å²) in [5.74, 6) is 0.698. The molecule has 0 atom stereocenters. The highest BCUT2D eigenvalue weighted by Gasteiger charge is 2.10. The first-order valence-corrected chi connectivity index (χ1v) is 8.06. The van der Waals surface area contributed by atoms with Crippen molar-refractivity contribution in [3.8, 4) is 0 Å². The fourth-order valence-electron chi connectivity index (χ4n) is 2.35. The number of aromatic nitrogens is 2. The maximum absolute atomic E-state index is 12.1. The normalized spacial score (nSPS) is 10.9. The summed E-state index contributed by atoms with van der Waals surface area (Å²) in [5, 5.41) is 3.73. The molecule has 0 aliphatic rings. The molecule has 118 valence electrons. The van der Waals surface area contributed by atoms with Crippen LogP contribution in [0.4, 0.5) is 0 Å². The molecule has 0 aliphatic carbocycles. The van der Waals surface area contributed by atoms with Gasteiger partial charge in [0.2, 0.25) is 0 Å². The highest BCUT2D eigenvalue weighted by molar-refractivity contribution is 6.35. The van der Waals surface area contributed by atoms with Gasteiger partial charge >= 0.3 is 0 Å². The van der Waals surface area contributed by atoms with Gasteiger partial charge in [-0.15, -0.1) is 0 Å². The zero-order chi connectivity index (χ0) is 16.2. The number of halogens is 2. The van der Waals surface area contributed by atoms with E-state index in [0.29, 0.717) is 22.2 Å². The minimum absolute atomic E-state index is 0.220. The zero-order valence-corrected chi connectivity index (χ0v) is 13.8. The Morgan fingerprint density at radius 2 is 2.00 bits per heavy atom. The summed E-state index contributed by atoms with van der Waals surface area (Å²) in [6.07, 6.45) is 1.54. The summed E-state index contributed by atoms with van der Waals surface area (Å²) in [4.78, 5) is 19.9. The maximum Gasteiger partial charge on any atom is 0.252 e. The highest BCUT2D eigenvalue weighted by Crippen LogP contribution is 2.20. The fraction of sp³-hybridized carbons (Fsp3) is 0.176. The summed E-state index contributed by atoms with van der Waals surface area (Å²) in [6.45, 7) is 0.540. The topological polar surface area (TPSA) is 57.8 Å². The standard InChI is InChI=1S/C17H15Cl2N3O/c18-11-7-8-13(19)12(10-11)17(23)20-9-3-6-16-21-14-4-1-2-5-15(14)22-16/h1-2,4-5,7-8,10H,3,6,9H2,(H,20,23)(H,21,22). The molecule has 0 bridgehead atoms. The third-order valence-electron chi connectivity index (χ3n) is 3.49. The van der Waals surface area contributed by atoms with Crippen LogP contribution in [0.3, 0.4) is 0 Å². The third-order valence-corrected chi connectivity index (χ3v) is 4.05. The average Bonchev–Trinajstić information content (AvgIpc) is 2.96. The van der Waals surface area contributed by atoms with Crippen molar-refractivity contribution >= 4 is 40.1 Å². The van der Waals surface area contributed by atoms with Crippen molar-refractivity contribution in [2.24, 2.45) is 0 Å². The molecule has 23 heavy (non-hydrogen) atoms. The second-order valence-electron chi connectivity index (χ2n) is 5.18. The second kappa shape index (κ2) is 7.02. The van der Waals surface area contributed by atoms with E-state index in [2.05, 4.69) is 15.3 Å². The Balaban J connectivity index is 1.53. The number of nitrogens with zero attached hydrogens (tertiary/aromatic N) is 1. The van der Waals surface area contributed by atoms with Crippen LogP contribution in [0.25, 0.3) is 11.0 Å². The van der Waals surface area contributed by atoms with E-state index in [9.17, 15) is 4.79 Å². The SMILES string of the molecule is O=C(NCCCc1nc2ccccc2[nH]1)c1cc(Cl)ccc1Cl. The van der Waals surface area contributed by atoms with Crippen molar-refractivity contribution < 1.29 is 4.79 Å². The monoisotopic (exact) mass is 347 g/mol. The number of amides is 1. The molecule has 0 radical (unpaired) electrons. The van der Waals surface area contributed by atoms with E-state index in [1.54, 1.807) is 18.2 Å². The Morgan fingerprint density at radius 3 is 2.83 bits per heavy atom. The molecule has 0 unspecified atom stereocenters. The van der Waals surface area contributed by atoms with Gasteiger partial charge in [0.15, 0.2) is 0 Å². The van der Waals surface area contributed by atoms with E-state index in [1.807, 2.05) is 24.3 Å². The third kappa shape index (κ3) is 3.84. The van der Waals surface area contributed by atoms with E-state index in [0.717, 1.165) is 29.7 Å². The molecule has 2 aromatic carbocycles. The predicted molar refractivity (Wildman–Crippen MR) is 93.2 cm³/mol. The number of para-hydroxylation sites is 2. The van der Waals surface area contributed by atoms with Crippen LogP contribution in [0, 0.1) is 0 Å². The first-order valence-electron chi connectivity index (χ1n) is 7.30. The zero-order valence-electron chi connectivity index (χ0n) is 12.3. The Labute approximate surface area is 143 Å². The van der Waals surface area contributed by atoms with Crippen molar-refractivity contribution in [2.45, 2.75) is 12.8 Å². The molecule has 3 aromatic rings. The van der Waals surface area contributed by atoms with Gasteiger partial charge in [0.05, 0.1) is 21.6 Å². The first-order chi connectivity index (χ1) is 11.1. The van der Waals surface area contributed by atoms with Crippen molar-refractivity contribution in [3.63, 3.8) is 0 Å². The van der Waals surface area contributed by atoms with Crippen molar-refractivity contribution in [3.05, 3.63) is 63.9 Å². The van der Waals surface area contributed by atoms with Crippen LogP contribution < -0.4 is 5.32 Å². The number of carbonyl (C=O) groups is 1. The summed E-state index contributed by atoms with van der Waals surface area (Å²) >= 11 is 11.9. The van der Waals surface area contributed by atoms with E-state index in [-0.39, 0.29) is 5.91 Å². The number of aromatic amines is 1. The van der Waals surface area contributed by atoms with Crippen molar-refractivity contribution in [1.29, 1.82) is 0 Å². The highest BCUT2D eigenvalue weighted by atomic mass is 35.5. The van der Waals surface area contributed by atoms with Gasteiger partial charge in [-0.05, 0) is 36.8 Å². The van der Waals surface area contributed by atoms with Crippen LogP contribution in [0.2, 0.25) is 10.0 Å². The smallest absolute Gasteiger partial charge is 0.252 e. The van der Waals surface area contributed by atoms with Gasteiger partial charge in [-0.1, -0.05) is 35.3 Å². The van der Waals surface area contributed by atoms with Gasteiger partial charge in [-0.3, -0.25) is 4.79 Å². The molecule has 3 rings (SSSR count). The lowest BCUT2D eigenvalue weighted by molar-refractivity contribution is 0.0953.